The number of aromatic nitrogens is 2. The molecule has 0 unspecified atom stereocenters. The van der Waals surface area contributed by atoms with Gasteiger partial charge in [0, 0.05) is 18.7 Å². The molecule has 6 heteroatoms. The van der Waals surface area contributed by atoms with Crippen molar-refractivity contribution in [3.63, 3.8) is 0 Å². The molecule has 1 fully saturated rings. The maximum Gasteiger partial charge on any atom is 0.277 e. The predicted molar refractivity (Wildman–Crippen MR) is 99.6 cm³/mol. The average Bonchev–Trinajstić information content (AvgIpc) is 2.89. The fourth-order valence-electron chi connectivity index (χ4n) is 3.00. The van der Waals surface area contributed by atoms with E-state index in [9.17, 15) is 4.79 Å². The molecule has 2 aromatic rings. The number of likely N-dealkylation sites (tertiary alicyclic amines) is 1. The summed E-state index contributed by atoms with van der Waals surface area (Å²) in [6.45, 7) is 7.78. The van der Waals surface area contributed by atoms with Crippen LogP contribution in [0.25, 0.3) is 11.5 Å². The summed E-state index contributed by atoms with van der Waals surface area (Å²) < 4.78 is 5.77. The molecule has 25 heavy (non-hydrogen) atoms. The highest BCUT2D eigenvalue weighted by Crippen LogP contribution is 2.28. The lowest BCUT2D eigenvalue weighted by Crippen LogP contribution is -2.37. The highest BCUT2D eigenvalue weighted by Gasteiger charge is 2.24. The SMILES string of the molecule is Cc1ccc(-c2nnc(S[C@H](C)C(=O)N3CCCCCC3)o2)cc1C. The standard InChI is InChI=1S/C19H25N3O2S/c1-13-8-9-16(12-14(13)2)17-20-21-19(24-17)25-15(3)18(23)22-10-6-4-5-7-11-22/h8-9,12,15H,4-7,10-11H2,1-3H3/t15-/m1/s1. The van der Waals surface area contributed by atoms with Crippen molar-refractivity contribution in [2.24, 2.45) is 0 Å². The zero-order valence-corrected chi connectivity index (χ0v) is 15.9. The van der Waals surface area contributed by atoms with E-state index < -0.39 is 0 Å². The first-order chi connectivity index (χ1) is 12.0. The van der Waals surface area contributed by atoms with Crippen LogP contribution in [0, 0.1) is 13.8 Å². The Hall–Kier alpha value is -1.82. The quantitative estimate of drug-likeness (QED) is 0.764. The van der Waals surface area contributed by atoms with Crippen LogP contribution in [-0.4, -0.2) is 39.3 Å². The summed E-state index contributed by atoms with van der Waals surface area (Å²) in [4.78, 5) is 14.6. The van der Waals surface area contributed by atoms with Crippen molar-refractivity contribution in [3.05, 3.63) is 29.3 Å². The van der Waals surface area contributed by atoms with Crippen LogP contribution in [0.4, 0.5) is 0 Å². The third-order valence-corrected chi connectivity index (χ3v) is 5.63. The zero-order valence-electron chi connectivity index (χ0n) is 15.1. The molecule has 2 heterocycles. The number of hydrogen-bond acceptors (Lipinski definition) is 5. The Morgan fingerprint density at radius 3 is 2.52 bits per heavy atom. The molecule has 0 radical (unpaired) electrons. The first-order valence-electron chi connectivity index (χ1n) is 8.91. The van der Waals surface area contributed by atoms with Crippen LogP contribution in [0.5, 0.6) is 0 Å². The van der Waals surface area contributed by atoms with Gasteiger partial charge in [-0.2, -0.15) is 0 Å². The van der Waals surface area contributed by atoms with Gasteiger partial charge in [0.1, 0.15) is 0 Å². The zero-order chi connectivity index (χ0) is 17.8. The molecule has 1 aliphatic heterocycles. The number of amides is 1. The van der Waals surface area contributed by atoms with E-state index in [1.165, 1.54) is 35.7 Å². The molecule has 1 atom stereocenters. The van der Waals surface area contributed by atoms with E-state index in [1.54, 1.807) is 0 Å². The van der Waals surface area contributed by atoms with Crippen LogP contribution in [0.2, 0.25) is 0 Å². The van der Waals surface area contributed by atoms with E-state index in [-0.39, 0.29) is 11.2 Å². The fraction of sp³-hybridized carbons (Fsp3) is 0.526. The summed E-state index contributed by atoms with van der Waals surface area (Å²) in [6.07, 6.45) is 4.63. The molecule has 0 saturated carbocycles. The third kappa shape index (κ3) is 4.42. The van der Waals surface area contributed by atoms with Gasteiger partial charge in [0.2, 0.25) is 11.8 Å². The van der Waals surface area contributed by atoms with Gasteiger partial charge in [-0.25, -0.2) is 0 Å². The largest absolute Gasteiger partial charge is 0.411 e. The van der Waals surface area contributed by atoms with Gasteiger partial charge in [-0.1, -0.05) is 30.7 Å². The summed E-state index contributed by atoms with van der Waals surface area (Å²) in [6, 6.07) is 6.08. The van der Waals surface area contributed by atoms with Crippen molar-refractivity contribution in [2.45, 2.75) is 56.9 Å². The number of benzene rings is 1. The van der Waals surface area contributed by atoms with Gasteiger partial charge in [-0.3, -0.25) is 4.79 Å². The van der Waals surface area contributed by atoms with Crippen molar-refractivity contribution in [1.82, 2.24) is 15.1 Å². The second-order valence-corrected chi connectivity index (χ2v) is 7.96. The molecule has 134 valence electrons. The number of rotatable bonds is 4. The van der Waals surface area contributed by atoms with Crippen LogP contribution < -0.4 is 0 Å². The second kappa shape index (κ2) is 8.04. The number of carbonyl (C=O) groups excluding carboxylic acids is 1. The highest BCUT2D eigenvalue weighted by molar-refractivity contribution is 8.00. The first kappa shape index (κ1) is 18.0. The topological polar surface area (TPSA) is 59.2 Å². The summed E-state index contributed by atoms with van der Waals surface area (Å²) >= 11 is 1.34. The molecule has 0 N–H and O–H groups in total. The van der Waals surface area contributed by atoms with Crippen LogP contribution >= 0.6 is 11.8 Å². The summed E-state index contributed by atoms with van der Waals surface area (Å²) in [7, 11) is 0. The lowest BCUT2D eigenvalue weighted by molar-refractivity contribution is -0.130. The Morgan fingerprint density at radius 1 is 1.12 bits per heavy atom. The molecule has 1 amide bonds. The van der Waals surface area contributed by atoms with Crippen LogP contribution in [0.3, 0.4) is 0 Å². The molecule has 1 aromatic heterocycles. The molecule has 1 aromatic carbocycles. The minimum atomic E-state index is -0.217. The predicted octanol–water partition coefficient (Wildman–Crippen LogP) is 4.24. The van der Waals surface area contributed by atoms with Gasteiger partial charge in [0.15, 0.2) is 0 Å². The summed E-state index contributed by atoms with van der Waals surface area (Å²) in [5, 5.41) is 8.47. The van der Waals surface area contributed by atoms with E-state index in [1.807, 2.05) is 30.0 Å². The van der Waals surface area contributed by atoms with Crippen LogP contribution in [0.15, 0.2) is 27.8 Å². The monoisotopic (exact) mass is 359 g/mol. The molecule has 0 spiro atoms. The van der Waals surface area contributed by atoms with Gasteiger partial charge >= 0.3 is 0 Å². The third-order valence-electron chi connectivity index (χ3n) is 4.70. The van der Waals surface area contributed by atoms with E-state index in [0.29, 0.717) is 11.1 Å². The van der Waals surface area contributed by atoms with Gasteiger partial charge in [-0.05, 0) is 56.9 Å². The summed E-state index contributed by atoms with van der Waals surface area (Å²) in [5.74, 6) is 0.665. The molecule has 3 rings (SSSR count). The Morgan fingerprint density at radius 2 is 1.84 bits per heavy atom. The maximum absolute atomic E-state index is 12.6. The molecule has 0 bridgehead atoms. The number of aryl methyl sites for hydroxylation is 2. The number of hydrogen-bond donors (Lipinski definition) is 0. The Bertz CT molecular complexity index is 736. The van der Waals surface area contributed by atoms with E-state index in [4.69, 9.17) is 4.42 Å². The number of thioether (sulfide) groups is 1. The minimum Gasteiger partial charge on any atom is -0.411 e. The number of nitrogens with zero attached hydrogens (tertiary/aromatic N) is 3. The van der Waals surface area contributed by atoms with E-state index in [2.05, 4.69) is 24.0 Å². The van der Waals surface area contributed by atoms with E-state index in [0.717, 1.165) is 31.5 Å². The van der Waals surface area contributed by atoms with Gasteiger partial charge in [0.05, 0.1) is 5.25 Å². The lowest BCUT2D eigenvalue weighted by atomic mass is 10.1. The van der Waals surface area contributed by atoms with E-state index >= 15 is 0 Å². The molecular formula is C19H25N3O2S. The van der Waals surface area contributed by atoms with Crippen molar-refractivity contribution in [3.8, 4) is 11.5 Å². The van der Waals surface area contributed by atoms with Gasteiger partial charge in [0.25, 0.3) is 5.22 Å². The summed E-state index contributed by atoms with van der Waals surface area (Å²) in [5.41, 5.74) is 3.33. The molecule has 0 aliphatic carbocycles. The average molecular weight is 359 g/mol. The highest BCUT2D eigenvalue weighted by atomic mass is 32.2. The van der Waals surface area contributed by atoms with Crippen molar-refractivity contribution in [2.75, 3.05) is 13.1 Å². The molecule has 5 nitrogen and oxygen atoms in total. The van der Waals surface area contributed by atoms with Crippen molar-refractivity contribution >= 4 is 17.7 Å². The smallest absolute Gasteiger partial charge is 0.277 e. The van der Waals surface area contributed by atoms with Gasteiger partial charge < -0.3 is 9.32 Å². The normalized spacial score (nSPS) is 16.5. The molecule has 1 aliphatic rings. The van der Waals surface area contributed by atoms with Crippen molar-refractivity contribution in [1.29, 1.82) is 0 Å². The minimum absolute atomic E-state index is 0.165. The Kier molecular flexibility index (Phi) is 5.78. The Labute approximate surface area is 153 Å². The first-order valence-corrected chi connectivity index (χ1v) is 9.79. The van der Waals surface area contributed by atoms with Crippen LogP contribution in [0.1, 0.15) is 43.7 Å². The molecular weight excluding hydrogens is 334 g/mol. The fourth-order valence-corrected chi connectivity index (χ4v) is 3.77. The van der Waals surface area contributed by atoms with Crippen LogP contribution in [-0.2, 0) is 4.79 Å². The Balaban J connectivity index is 1.65. The lowest BCUT2D eigenvalue weighted by Gasteiger charge is -2.23. The van der Waals surface area contributed by atoms with Crippen molar-refractivity contribution < 1.29 is 9.21 Å². The molecule has 1 saturated heterocycles. The second-order valence-electron chi connectivity index (χ2n) is 6.67. The maximum atomic E-state index is 12.6. The number of carbonyl (C=O) groups is 1. The van der Waals surface area contributed by atoms with Gasteiger partial charge in [-0.15, -0.1) is 10.2 Å².